The Morgan fingerprint density at radius 2 is 1.68 bits per heavy atom. The van der Waals surface area contributed by atoms with E-state index in [-0.39, 0.29) is 10.8 Å². The van der Waals surface area contributed by atoms with E-state index in [1.807, 2.05) is 6.08 Å². The zero-order valence-electron chi connectivity index (χ0n) is 20.2. The van der Waals surface area contributed by atoms with Gasteiger partial charge in [0.1, 0.15) is 0 Å². The van der Waals surface area contributed by atoms with Crippen LogP contribution in [0.1, 0.15) is 95.0 Å². The van der Waals surface area contributed by atoms with Crippen LogP contribution in [0.3, 0.4) is 0 Å². The molecule has 0 N–H and O–H groups in total. The molecule has 161 valence electrons. The van der Waals surface area contributed by atoms with Gasteiger partial charge in [0, 0.05) is 6.42 Å². The molecule has 0 fully saturated rings. The highest BCUT2D eigenvalue weighted by Crippen LogP contribution is 2.47. The fourth-order valence-corrected chi connectivity index (χ4v) is 4.91. The van der Waals surface area contributed by atoms with Gasteiger partial charge in [-0.15, -0.1) is 6.58 Å². The molecule has 2 aromatic rings. The summed E-state index contributed by atoms with van der Waals surface area (Å²) in [5.41, 5.74) is 13.1. The van der Waals surface area contributed by atoms with Crippen molar-refractivity contribution >= 4 is 5.57 Å². The molecule has 0 atom stereocenters. The lowest BCUT2D eigenvalue weighted by molar-refractivity contribution is 0.588. The summed E-state index contributed by atoms with van der Waals surface area (Å²) in [6.45, 7) is 17.8. The van der Waals surface area contributed by atoms with Crippen molar-refractivity contribution in [3.63, 3.8) is 0 Å². The number of unbranched alkanes of at least 4 members (excludes halogenated alkanes) is 1. The Hall–Kier alpha value is -2.34. The molecule has 0 aromatic heterocycles. The Kier molecular flexibility index (Phi) is 5.63. The van der Waals surface area contributed by atoms with E-state index in [2.05, 4.69) is 97.0 Å². The van der Waals surface area contributed by atoms with Gasteiger partial charge in [0.2, 0.25) is 0 Å². The van der Waals surface area contributed by atoms with Crippen molar-refractivity contribution in [2.24, 2.45) is 0 Å². The lowest BCUT2D eigenvalue weighted by Gasteiger charge is -2.26. The van der Waals surface area contributed by atoms with Crippen molar-refractivity contribution in [3.8, 4) is 11.1 Å². The van der Waals surface area contributed by atoms with Crippen LogP contribution < -0.4 is 0 Å². The Morgan fingerprint density at radius 1 is 0.935 bits per heavy atom. The summed E-state index contributed by atoms with van der Waals surface area (Å²) in [4.78, 5) is 0. The Morgan fingerprint density at radius 3 is 2.35 bits per heavy atom. The Balaban J connectivity index is 1.78. The first-order valence-corrected chi connectivity index (χ1v) is 11.8. The molecule has 31 heavy (non-hydrogen) atoms. The van der Waals surface area contributed by atoms with Crippen LogP contribution in [0.15, 0.2) is 60.7 Å². The maximum Gasteiger partial charge on any atom is 0.0218 e. The van der Waals surface area contributed by atoms with E-state index in [1.165, 1.54) is 56.5 Å². The SMILES string of the molecule is C=CCCCC1=CCC(c2c(C(C)(C)C)ccc3c2[CH]c2cc(C(C)(C)C)ccc2-3)=C1. The van der Waals surface area contributed by atoms with E-state index in [4.69, 9.17) is 0 Å². The minimum atomic E-state index is 0.107. The molecular weight excluding hydrogens is 372 g/mol. The molecule has 2 aromatic carbocycles. The molecule has 0 saturated heterocycles. The number of fused-ring (bicyclic) bond motifs is 3. The van der Waals surface area contributed by atoms with E-state index in [9.17, 15) is 0 Å². The fourth-order valence-electron chi connectivity index (χ4n) is 4.91. The summed E-state index contributed by atoms with van der Waals surface area (Å²) in [5, 5.41) is 0. The van der Waals surface area contributed by atoms with Crippen molar-refractivity contribution in [1.82, 2.24) is 0 Å². The molecule has 2 aliphatic rings. The molecule has 4 rings (SSSR count). The molecule has 0 bridgehead atoms. The number of benzene rings is 2. The third-order valence-electron chi connectivity index (χ3n) is 6.70. The second kappa shape index (κ2) is 7.97. The van der Waals surface area contributed by atoms with Gasteiger partial charge in [-0.3, -0.25) is 0 Å². The summed E-state index contributed by atoms with van der Waals surface area (Å²) in [6.07, 6.45) is 13.8. The summed E-state index contributed by atoms with van der Waals surface area (Å²) < 4.78 is 0. The number of allylic oxidation sites excluding steroid dienone is 5. The predicted octanol–water partition coefficient (Wildman–Crippen LogP) is 8.93. The van der Waals surface area contributed by atoms with Gasteiger partial charge < -0.3 is 0 Å². The van der Waals surface area contributed by atoms with E-state index in [1.54, 1.807) is 0 Å². The zero-order chi connectivity index (χ0) is 22.4. The monoisotopic (exact) mass is 409 g/mol. The van der Waals surface area contributed by atoms with Gasteiger partial charge in [-0.25, -0.2) is 0 Å². The summed E-state index contributed by atoms with van der Waals surface area (Å²) >= 11 is 0. The van der Waals surface area contributed by atoms with E-state index >= 15 is 0 Å². The van der Waals surface area contributed by atoms with Crippen molar-refractivity contribution < 1.29 is 0 Å². The number of rotatable bonds is 5. The molecule has 1 radical (unpaired) electrons. The molecule has 0 spiro atoms. The van der Waals surface area contributed by atoms with E-state index in [0.29, 0.717) is 0 Å². The maximum absolute atomic E-state index is 3.87. The molecule has 0 amide bonds. The van der Waals surface area contributed by atoms with Crippen molar-refractivity contribution in [3.05, 3.63) is 95.0 Å². The standard InChI is InChI=1S/C31H37/c1-8-9-10-11-21-12-13-22(18-21)29-27-20-23-19-24(30(2,3)4)14-15-25(23)26(27)16-17-28(29)31(5,6)7/h8,12,14-20H,1,9-11,13H2,2-7H3. The van der Waals surface area contributed by atoms with Gasteiger partial charge in [0.25, 0.3) is 0 Å². The minimum absolute atomic E-state index is 0.107. The molecule has 0 aliphatic heterocycles. The molecule has 2 aliphatic carbocycles. The summed E-state index contributed by atoms with van der Waals surface area (Å²) in [5.74, 6) is 0. The number of hydrogen-bond acceptors (Lipinski definition) is 0. The van der Waals surface area contributed by atoms with Crippen molar-refractivity contribution in [2.75, 3.05) is 0 Å². The normalized spacial score (nSPS) is 15.4. The fraction of sp³-hybridized carbons (Fsp3) is 0.387. The van der Waals surface area contributed by atoms with Crippen LogP contribution in [0.5, 0.6) is 0 Å². The van der Waals surface area contributed by atoms with Gasteiger partial charge >= 0.3 is 0 Å². The van der Waals surface area contributed by atoms with Gasteiger partial charge in [-0.2, -0.15) is 0 Å². The Labute approximate surface area is 189 Å². The van der Waals surface area contributed by atoms with Crippen LogP contribution in [-0.2, 0) is 10.8 Å². The number of hydrogen-bond donors (Lipinski definition) is 0. The lowest BCUT2D eigenvalue weighted by atomic mass is 9.78. The van der Waals surface area contributed by atoms with Gasteiger partial charge in [-0.05, 0) is 81.0 Å². The average Bonchev–Trinajstić information content (AvgIpc) is 3.29. The van der Waals surface area contributed by atoms with Crippen LogP contribution in [0.4, 0.5) is 0 Å². The quantitative estimate of drug-likeness (QED) is 0.291. The molecule has 0 saturated carbocycles. The minimum Gasteiger partial charge on any atom is -0.103 e. The molecular formula is C31H37. The first-order valence-electron chi connectivity index (χ1n) is 11.8. The molecule has 0 heterocycles. The average molecular weight is 410 g/mol. The molecule has 0 nitrogen and oxygen atoms in total. The van der Waals surface area contributed by atoms with Crippen molar-refractivity contribution in [2.45, 2.75) is 78.1 Å². The summed E-state index contributed by atoms with van der Waals surface area (Å²) in [7, 11) is 0. The van der Waals surface area contributed by atoms with Crippen LogP contribution in [-0.4, -0.2) is 0 Å². The molecule has 0 unspecified atom stereocenters. The second-order valence-corrected chi connectivity index (χ2v) is 11.2. The first kappa shape index (κ1) is 21.9. The van der Waals surface area contributed by atoms with Crippen LogP contribution >= 0.6 is 0 Å². The zero-order valence-corrected chi connectivity index (χ0v) is 20.2. The highest BCUT2D eigenvalue weighted by molar-refractivity contribution is 5.90. The highest BCUT2D eigenvalue weighted by Gasteiger charge is 2.30. The molecule has 0 heteroatoms. The predicted molar refractivity (Wildman–Crippen MR) is 137 cm³/mol. The van der Waals surface area contributed by atoms with Crippen LogP contribution in [0.25, 0.3) is 16.7 Å². The Bertz CT molecular complexity index is 1070. The summed E-state index contributed by atoms with van der Waals surface area (Å²) in [6, 6.07) is 11.8. The largest absolute Gasteiger partial charge is 0.103 e. The second-order valence-electron chi connectivity index (χ2n) is 11.2. The third-order valence-corrected chi connectivity index (χ3v) is 6.70. The first-order chi connectivity index (χ1) is 14.6. The van der Waals surface area contributed by atoms with Crippen molar-refractivity contribution in [1.29, 1.82) is 0 Å². The maximum atomic E-state index is 3.87. The van der Waals surface area contributed by atoms with Gasteiger partial charge in [0.05, 0.1) is 0 Å². The van der Waals surface area contributed by atoms with E-state index < -0.39 is 0 Å². The van der Waals surface area contributed by atoms with Crippen LogP contribution in [0, 0.1) is 6.42 Å². The van der Waals surface area contributed by atoms with Gasteiger partial charge in [-0.1, -0.05) is 95.7 Å². The van der Waals surface area contributed by atoms with E-state index in [0.717, 1.165) is 19.3 Å². The highest BCUT2D eigenvalue weighted by atomic mass is 14.3. The lowest BCUT2D eigenvalue weighted by Crippen LogP contribution is -2.15. The smallest absolute Gasteiger partial charge is 0.0218 e. The van der Waals surface area contributed by atoms with Crippen LogP contribution in [0.2, 0.25) is 0 Å². The third kappa shape index (κ3) is 4.22. The topological polar surface area (TPSA) is 0 Å². The van der Waals surface area contributed by atoms with Gasteiger partial charge in [0.15, 0.2) is 0 Å².